The fourth-order valence-electron chi connectivity index (χ4n) is 1.61. The Hall–Kier alpha value is -1.51. The van der Waals surface area contributed by atoms with Crippen molar-refractivity contribution in [3.05, 3.63) is 29.8 Å². The lowest BCUT2D eigenvalue weighted by atomic mass is 10.1. The summed E-state index contributed by atoms with van der Waals surface area (Å²) >= 11 is 0. The molecule has 2 unspecified atom stereocenters. The molecule has 1 fully saturated rings. The maximum atomic E-state index is 10.6. The topological polar surface area (TPSA) is 57.5 Å². The molecule has 0 radical (unpaired) electrons. The number of hydrogen-bond acceptors (Lipinski definition) is 2. The van der Waals surface area contributed by atoms with Gasteiger partial charge >= 0.3 is 5.97 Å². The van der Waals surface area contributed by atoms with Gasteiger partial charge < -0.3 is 10.2 Å². The van der Waals surface area contributed by atoms with Crippen molar-refractivity contribution in [1.82, 2.24) is 0 Å². The van der Waals surface area contributed by atoms with Crippen LogP contribution in [-0.4, -0.2) is 16.2 Å². The van der Waals surface area contributed by atoms with Crippen LogP contribution in [-0.2, 0) is 4.79 Å². The highest BCUT2D eigenvalue weighted by Crippen LogP contribution is 2.49. The van der Waals surface area contributed by atoms with Gasteiger partial charge in [-0.05, 0) is 18.1 Å². The predicted molar refractivity (Wildman–Crippen MR) is 46.6 cm³/mol. The highest BCUT2D eigenvalue weighted by atomic mass is 16.4. The minimum atomic E-state index is -0.770. The average Bonchev–Trinajstić information content (AvgIpc) is 2.84. The summed E-state index contributed by atoms with van der Waals surface area (Å²) in [6.45, 7) is 0. The minimum Gasteiger partial charge on any atom is -0.508 e. The Morgan fingerprint density at radius 2 is 2.08 bits per heavy atom. The Balaban J connectivity index is 2.21. The predicted octanol–water partition coefficient (Wildman–Crippen LogP) is 1.58. The van der Waals surface area contributed by atoms with Gasteiger partial charge in [-0.1, -0.05) is 18.2 Å². The number of aromatic hydroxyl groups is 1. The Morgan fingerprint density at radius 3 is 2.62 bits per heavy atom. The zero-order chi connectivity index (χ0) is 9.42. The maximum Gasteiger partial charge on any atom is 0.307 e. The maximum absolute atomic E-state index is 10.6. The Labute approximate surface area is 75.6 Å². The van der Waals surface area contributed by atoms with Crippen molar-refractivity contribution in [3.63, 3.8) is 0 Å². The SMILES string of the molecule is O=C(O)C1CC1c1ccccc1O. The van der Waals surface area contributed by atoms with Crippen LogP contribution in [0.3, 0.4) is 0 Å². The molecule has 0 aromatic heterocycles. The van der Waals surface area contributed by atoms with Gasteiger partial charge in [-0.2, -0.15) is 0 Å². The number of hydrogen-bond donors (Lipinski definition) is 2. The molecule has 2 rings (SSSR count). The molecule has 13 heavy (non-hydrogen) atoms. The third kappa shape index (κ3) is 1.37. The number of phenolic OH excluding ortho intramolecular Hbond substituents is 1. The molecule has 1 aromatic rings. The summed E-state index contributed by atoms with van der Waals surface area (Å²) in [5.74, 6) is -0.850. The quantitative estimate of drug-likeness (QED) is 0.722. The molecule has 0 bridgehead atoms. The molecule has 1 saturated carbocycles. The van der Waals surface area contributed by atoms with Crippen LogP contribution in [0.4, 0.5) is 0 Å². The molecule has 0 heterocycles. The van der Waals surface area contributed by atoms with Crippen LogP contribution in [0.25, 0.3) is 0 Å². The van der Waals surface area contributed by atoms with Crippen LogP contribution < -0.4 is 0 Å². The fraction of sp³-hybridized carbons (Fsp3) is 0.300. The van der Waals surface area contributed by atoms with E-state index in [4.69, 9.17) is 5.11 Å². The smallest absolute Gasteiger partial charge is 0.307 e. The van der Waals surface area contributed by atoms with E-state index in [1.54, 1.807) is 18.2 Å². The van der Waals surface area contributed by atoms with E-state index in [9.17, 15) is 9.90 Å². The van der Waals surface area contributed by atoms with E-state index in [2.05, 4.69) is 0 Å². The Morgan fingerprint density at radius 1 is 1.38 bits per heavy atom. The van der Waals surface area contributed by atoms with Crippen LogP contribution >= 0.6 is 0 Å². The van der Waals surface area contributed by atoms with Crippen LogP contribution in [0.15, 0.2) is 24.3 Å². The Kier molecular flexibility index (Phi) is 1.72. The third-order valence-electron chi connectivity index (χ3n) is 2.44. The zero-order valence-corrected chi connectivity index (χ0v) is 6.97. The van der Waals surface area contributed by atoms with Crippen molar-refractivity contribution in [2.75, 3.05) is 0 Å². The normalized spacial score (nSPS) is 25.5. The third-order valence-corrected chi connectivity index (χ3v) is 2.44. The molecular formula is C10H10O3. The summed E-state index contributed by atoms with van der Waals surface area (Å²) in [5.41, 5.74) is 0.759. The van der Waals surface area contributed by atoms with Crippen molar-refractivity contribution < 1.29 is 15.0 Å². The van der Waals surface area contributed by atoms with Crippen molar-refractivity contribution in [3.8, 4) is 5.75 Å². The molecule has 1 aromatic carbocycles. The first-order valence-electron chi connectivity index (χ1n) is 4.21. The highest BCUT2D eigenvalue weighted by Gasteiger charge is 2.45. The highest BCUT2D eigenvalue weighted by molar-refractivity contribution is 5.75. The molecule has 0 aliphatic heterocycles. The van der Waals surface area contributed by atoms with Crippen molar-refractivity contribution in [2.45, 2.75) is 12.3 Å². The Bertz CT molecular complexity index is 346. The molecule has 0 saturated heterocycles. The summed E-state index contributed by atoms with van der Waals surface area (Å²) in [6.07, 6.45) is 0.646. The van der Waals surface area contributed by atoms with Crippen molar-refractivity contribution in [1.29, 1.82) is 0 Å². The van der Waals surface area contributed by atoms with E-state index in [0.717, 1.165) is 5.56 Å². The minimum absolute atomic E-state index is 0.0127. The van der Waals surface area contributed by atoms with E-state index in [0.29, 0.717) is 6.42 Å². The first-order chi connectivity index (χ1) is 6.20. The second kappa shape index (κ2) is 2.76. The zero-order valence-electron chi connectivity index (χ0n) is 6.97. The lowest BCUT2D eigenvalue weighted by Gasteiger charge is -2.00. The second-order valence-corrected chi connectivity index (χ2v) is 3.35. The van der Waals surface area contributed by atoms with Crippen molar-refractivity contribution in [2.24, 2.45) is 5.92 Å². The van der Waals surface area contributed by atoms with E-state index >= 15 is 0 Å². The molecule has 1 aliphatic rings. The molecule has 2 N–H and O–H groups in total. The van der Waals surface area contributed by atoms with Gasteiger partial charge in [-0.15, -0.1) is 0 Å². The van der Waals surface area contributed by atoms with Gasteiger partial charge in [0.15, 0.2) is 0 Å². The van der Waals surface area contributed by atoms with Gasteiger partial charge in [-0.25, -0.2) is 0 Å². The van der Waals surface area contributed by atoms with Gasteiger partial charge in [0.25, 0.3) is 0 Å². The van der Waals surface area contributed by atoms with Crippen LogP contribution in [0, 0.1) is 5.92 Å². The number of carboxylic acid groups (broad SMARTS) is 1. The number of carbonyl (C=O) groups is 1. The average molecular weight is 178 g/mol. The molecule has 2 atom stereocenters. The van der Waals surface area contributed by atoms with Gasteiger partial charge in [0, 0.05) is 5.92 Å². The van der Waals surface area contributed by atoms with Crippen LogP contribution in [0.1, 0.15) is 17.9 Å². The number of para-hydroxylation sites is 1. The van der Waals surface area contributed by atoms with Crippen LogP contribution in [0.2, 0.25) is 0 Å². The van der Waals surface area contributed by atoms with Crippen LogP contribution in [0.5, 0.6) is 5.75 Å². The van der Waals surface area contributed by atoms with E-state index in [1.807, 2.05) is 6.07 Å². The molecule has 0 amide bonds. The molecule has 0 spiro atoms. The summed E-state index contributed by atoms with van der Waals surface area (Å²) in [5, 5.41) is 18.1. The lowest BCUT2D eigenvalue weighted by molar-refractivity contribution is -0.138. The lowest BCUT2D eigenvalue weighted by Crippen LogP contribution is -1.98. The summed E-state index contributed by atoms with van der Waals surface area (Å²) < 4.78 is 0. The monoisotopic (exact) mass is 178 g/mol. The molecule has 3 heteroatoms. The van der Waals surface area contributed by atoms with E-state index in [-0.39, 0.29) is 17.6 Å². The number of rotatable bonds is 2. The number of phenols is 1. The van der Waals surface area contributed by atoms with Gasteiger partial charge in [0.05, 0.1) is 5.92 Å². The molecule has 3 nitrogen and oxygen atoms in total. The largest absolute Gasteiger partial charge is 0.508 e. The van der Waals surface area contributed by atoms with E-state index < -0.39 is 5.97 Å². The molecular weight excluding hydrogens is 168 g/mol. The van der Waals surface area contributed by atoms with Gasteiger partial charge in [0.2, 0.25) is 0 Å². The second-order valence-electron chi connectivity index (χ2n) is 3.35. The van der Waals surface area contributed by atoms with E-state index in [1.165, 1.54) is 0 Å². The summed E-state index contributed by atoms with van der Waals surface area (Å²) in [4.78, 5) is 10.6. The van der Waals surface area contributed by atoms with Gasteiger partial charge in [-0.3, -0.25) is 4.79 Å². The molecule has 68 valence electrons. The molecule has 1 aliphatic carbocycles. The first-order valence-corrected chi connectivity index (χ1v) is 4.21. The summed E-state index contributed by atoms with van der Waals surface area (Å²) in [7, 11) is 0. The van der Waals surface area contributed by atoms with Crippen molar-refractivity contribution >= 4 is 5.97 Å². The standard InChI is InChI=1S/C10H10O3/c11-9-4-2-1-3-6(9)7-5-8(7)10(12)13/h1-4,7-8,11H,5H2,(H,12,13). The van der Waals surface area contributed by atoms with Gasteiger partial charge in [0.1, 0.15) is 5.75 Å². The first kappa shape index (κ1) is 8.10. The number of carboxylic acids is 1. The fourth-order valence-corrected chi connectivity index (χ4v) is 1.61. The number of aliphatic carboxylic acids is 1. The number of benzene rings is 1. The summed E-state index contributed by atoms with van der Waals surface area (Å²) in [6, 6.07) is 6.92.